The Morgan fingerprint density at radius 2 is 2.29 bits per heavy atom. The number of halogens is 2. The molecule has 1 aromatic rings. The molecule has 0 saturated carbocycles. The van der Waals surface area contributed by atoms with E-state index in [1.54, 1.807) is 6.07 Å². The predicted molar refractivity (Wildman–Crippen MR) is 72.3 cm³/mol. The molecule has 2 rings (SSSR count). The molecule has 6 heteroatoms. The predicted octanol–water partition coefficient (Wildman–Crippen LogP) is 2.93. The third-order valence-electron chi connectivity index (χ3n) is 2.78. The summed E-state index contributed by atoms with van der Waals surface area (Å²) in [6.45, 7) is 1.85. The molecule has 17 heavy (non-hydrogen) atoms. The Balaban J connectivity index is 1.98. The van der Waals surface area contributed by atoms with E-state index in [-0.39, 0.29) is 11.9 Å². The van der Waals surface area contributed by atoms with E-state index in [9.17, 15) is 4.79 Å². The average Bonchev–Trinajstić information content (AvgIpc) is 2.51. The fraction of sp³-hybridized carbons (Fsp3) is 0.545. The number of nitrogens with one attached hydrogen (secondary N) is 2. The molecule has 0 bridgehead atoms. The molecule has 94 valence electrons. The maximum absolute atomic E-state index is 12.0. The largest absolute Gasteiger partial charge is 0.348 e. The Bertz CT molecular complexity index is 400. The maximum atomic E-state index is 12.0. The summed E-state index contributed by atoms with van der Waals surface area (Å²) < 4.78 is 0.994. The summed E-state index contributed by atoms with van der Waals surface area (Å²) >= 11 is 13.0. The van der Waals surface area contributed by atoms with E-state index < -0.39 is 0 Å². The number of rotatable bonds is 2. The minimum atomic E-state index is -0.133. The van der Waals surface area contributed by atoms with Crippen molar-refractivity contribution in [2.24, 2.45) is 0 Å². The van der Waals surface area contributed by atoms with E-state index in [4.69, 9.17) is 23.2 Å². The molecule has 0 aliphatic carbocycles. The number of thiophene rings is 1. The number of hydrogen-bond acceptors (Lipinski definition) is 3. The van der Waals surface area contributed by atoms with Gasteiger partial charge in [0, 0.05) is 12.6 Å². The first-order valence-corrected chi connectivity index (χ1v) is 7.20. The van der Waals surface area contributed by atoms with Gasteiger partial charge in [0.15, 0.2) is 0 Å². The van der Waals surface area contributed by atoms with E-state index in [0.717, 1.165) is 32.4 Å². The van der Waals surface area contributed by atoms with Crippen molar-refractivity contribution in [2.45, 2.75) is 25.3 Å². The highest BCUT2D eigenvalue weighted by Gasteiger charge is 2.18. The Morgan fingerprint density at radius 3 is 3.00 bits per heavy atom. The molecule has 1 amide bonds. The lowest BCUT2D eigenvalue weighted by Gasteiger charge is -2.15. The highest BCUT2D eigenvalue weighted by Crippen LogP contribution is 2.31. The topological polar surface area (TPSA) is 41.1 Å². The second-order valence-corrected chi connectivity index (χ2v) is 6.39. The van der Waals surface area contributed by atoms with Gasteiger partial charge in [-0.25, -0.2) is 0 Å². The summed E-state index contributed by atoms with van der Waals surface area (Å²) in [6, 6.07) is 1.80. The minimum absolute atomic E-state index is 0.133. The van der Waals surface area contributed by atoms with Gasteiger partial charge in [0.2, 0.25) is 0 Å². The average molecular weight is 293 g/mol. The van der Waals surface area contributed by atoms with Gasteiger partial charge in [0.1, 0.15) is 4.34 Å². The summed E-state index contributed by atoms with van der Waals surface area (Å²) in [5, 5.41) is 6.29. The van der Waals surface area contributed by atoms with Crippen molar-refractivity contribution in [1.82, 2.24) is 10.6 Å². The van der Waals surface area contributed by atoms with E-state index in [1.807, 2.05) is 0 Å². The number of carbonyl (C=O) groups is 1. The summed E-state index contributed by atoms with van der Waals surface area (Å²) in [5.41, 5.74) is 0.478. The van der Waals surface area contributed by atoms with Gasteiger partial charge in [-0.05, 0) is 25.5 Å². The first kappa shape index (κ1) is 13.1. The monoisotopic (exact) mass is 292 g/mol. The van der Waals surface area contributed by atoms with Crippen LogP contribution in [0.3, 0.4) is 0 Å². The molecule has 0 radical (unpaired) electrons. The maximum Gasteiger partial charge on any atom is 0.253 e. The first-order valence-electron chi connectivity index (χ1n) is 5.63. The van der Waals surface area contributed by atoms with Gasteiger partial charge < -0.3 is 10.6 Å². The molecule has 2 heterocycles. The summed E-state index contributed by atoms with van der Waals surface area (Å²) in [5.74, 6) is -0.133. The molecule has 1 aliphatic heterocycles. The van der Waals surface area contributed by atoms with E-state index in [1.165, 1.54) is 11.3 Å². The Labute approximate surface area is 114 Å². The molecule has 1 unspecified atom stereocenters. The minimum Gasteiger partial charge on any atom is -0.348 e. The van der Waals surface area contributed by atoms with Gasteiger partial charge in [-0.2, -0.15) is 0 Å². The molecular weight excluding hydrogens is 279 g/mol. The molecule has 1 atom stereocenters. The third kappa shape index (κ3) is 3.58. The SMILES string of the molecule is O=C(NC1CCCCNC1)c1cc(Cl)sc1Cl. The van der Waals surface area contributed by atoms with Gasteiger partial charge in [-0.1, -0.05) is 29.6 Å². The molecule has 2 N–H and O–H groups in total. The van der Waals surface area contributed by atoms with Gasteiger partial charge in [-0.15, -0.1) is 11.3 Å². The highest BCUT2D eigenvalue weighted by atomic mass is 35.5. The van der Waals surface area contributed by atoms with Crippen LogP contribution in [0.2, 0.25) is 8.67 Å². The zero-order valence-corrected chi connectivity index (χ0v) is 11.6. The van der Waals surface area contributed by atoms with Crippen molar-refractivity contribution in [3.8, 4) is 0 Å². The molecule has 1 fully saturated rings. The molecule has 0 aromatic carbocycles. The molecule has 0 spiro atoms. The Morgan fingerprint density at radius 1 is 1.47 bits per heavy atom. The van der Waals surface area contributed by atoms with Gasteiger partial charge in [-0.3, -0.25) is 4.79 Å². The number of amides is 1. The fourth-order valence-corrected chi connectivity index (χ4v) is 3.36. The lowest BCUT2D eigenvalue weighted by atomic mass is 10.1. The van der Waals surface area contributed by atoms with Gasteiger partial charge in [0.25, 0.3) is 5.91 Å². The van der Waals surface area contributed by atoms with Crippen LogP contribution in [-0.2, 0) is 0 Å². The number of hydrogen-bond donors (Lipinski definition) is 2. The van der Waals surface area contributed by atoms with Gasteiger partial charge in [0.05, 0.1) is 9.90 Å². The van der Waals surface area contributed by atoms with Crippen LogP contribution in [0.1, 0.15) is 29.6 Å². The summed E-state index contributed by atoms with van der Waals surface area (Å²) in [6.07, 6.45) is 3.31. The molecule has 1 saturated heterocycles. The van der Waals surface area contributed by atoms with Crippen LogP contribution in [0.25, 0.3) is 0 Å². The molecule has 3 nitrogen and oxygen atoms in total. The van der Waals surface area contributed by atoms with Gasteiger partial charge >= 0.3 is 0 Å². The first-order chi connectivity index (χ1) is 8.16. The van der Waals surface area contributed by atoms with Crippen molar-refractivity contribution >= 4 is 40.4 Å². The fourth-order valence-electron chi connectivity index (χ4n) is 1.90. The molecule has 1 aromatic heterocycles. The zero-order chi connectivity index (χ0) is 12.3. The van der Waals surface area contributed by atoms with E-state index in [0.29, 0.717) is 14.2 Å². The third-order valence-corrected chi connectivity index (χ3v) is 4.27. The van der Waals surface area contributed by atoms with Crippen molar-refractivity contribution in [2.75, 3.05) is 13.1 Å². The molecule has 1 aliphatic rings. The normalized spacial score (nSPS) is 20.9. The van der Waals surface area contributed by atoms with Crippen LogP contribution in [-0.4, -0.2) is 25.0 Å². The number of carbonyl (C=O) groups excluding carboxylic acids is 1. The van der Waals surface area contributed by atoms with Crippen molar-refractivity contribution in [3.05, 3.63) is 20.3 Å². The lowest BCUT2D eigenvalue weighted by Crippen LogP contribution is -2.40. The summed E-state index contributed by atoms with van der Waals surface area (Å²) in [7, 11) is 0. The summed E-state index contributed by atoms with van der Waals surface area (Å²) in [4.78, 5) is 12.0. The highest BCUT2D eigenvalue weighted by molar-refractivity contribution is 7.20. The lowest BCUT2D eigenvalue weighted by molar-refractivity contribution is 0.0936. The smallest absolute Gasteiger partial charge is 0.253 e. The van der Waals surface area contributed by atoms with Crippen molar-refractivity contribution < 1.29 is 4.79 Å². The second-order valence-electron chi connectivity index (χ2n) is 4.11. The van der Waals surface area contributed by atoms with E-state index in [2.05, 4.69) is 10.6 Å². The van der Waals surface area contributed by atoms with Crippen LogP contribution < -0.4 is 10.6 Å². The van der Waals surface area contributed by atoms with Crippen LogP contribution in [0.15, 0.2) is 6.07 Å². The Hall–Kier alpha value is -0.290. The van der Waals surface area contributed by atoms with Crippen LogP contribution in [0.4, 0.5) is 0 Å². The Kier molecular flexibility index (Phi) is 4.68. The zero-order valence-electron chi connectivity index (χ0n) is 9.26. The van der Waals surface area contributed by atoms with Crippen LogP contribution >= 0.6 is 34.5 Å². The van der Waals surface area contributed by atoms with E-state index >= 15 is 0 Å². The second kappa shape index (κ2) is 6.05. The standard InChI is InChI=1S/C11H14Cl2N2OS/c12-9-5-8(10(13)17-9)11(16)15-7-3-1-2-4-14-6-7/h5,7,14H,1-4,6H2,(H,15,16). The van der Waals surface area contributed by atoms with Crippen molar-refractivity contribution in [3.63, 3.8) is 0 Å². The van der Waals surface area contributed by atoms with Crippen LogP contribution in [0.5, 0.6) is 0 Å². The van der Waals surface area contributed by atoms with Crippen molar-refractivity contribution in [1.29, 1.82) is 0 Å². The van der Waals surface area contributed by atoms with Crippen LogP contribution in [0, 0.1) is 0 Å². The molecular formula is C11H14Cl2N2OS. The quantitative estimate of drug-likeness (QED) is 0.880.